The van der Waals surface area contributed by atoms with Gasteiger partial charge in [-0.2, -0.15) is 15.2 Å². The van der Waals surface area contributed by atoms with E-state index in [9.17, 15) is 0 Å². The van der Waals surface area contributed by atoms with Crippen molar-refractivity contribution >= 4 is 0 Å². The average Bonchev–Trinajstić information content (AvgIpc) is 3.19. The molecule has 7 heteroatoms. The molecule has 0 unspecified atom stereocenters. The average molecular weight is 314 g/mol. The van der Waals surface area contributed by atoms with Crippen LogP contribution in [-0.2, 0) is 26.9 Å². The van der Waals surface area contributed by atoms with E-state index in [2.05, 4.69) is 41.1 Å². The van der Waals surface area contributed by atoms with Gasteiger partial charge in [0.1, 0.15) is 0 Å². The molecule has 0 amide bonds. The zero-order valence-corrected chi connectivity index (χ0v) is 14.2. The largest absolute Gasteiger partial charge is 0.339 e. The molecular weight excluding hydrogens is 292 g/mol. The van der Waals surface area contributed by atoms with Gasteiger partial charge >= 0.3 is 0 Å². The first-order valence-electron chi connectivity index (χ1n) is 7.79. The highest BCUT2D eigenvalue weighted by molar-refractivity contribution is 5.57. The molecule has 0 aliphatic heterocycles. The number of nitrogens with zero attached hydrogens (tertiary/aromatic N) is 6. The maximum absolute atomic E-state index is 5.41. The van der Waals surface area contributed by atoms with E-state index in [0.29, 0.717) is 24.1 Å². The molecule has 0 fully saturated rings. The Morgan fingerprint density at radius 1 is 1.22 bits per heavy atom. The SMILES string of the molecule is Cc1c(CCc2nc(-c3cn(C)nc3C(C)C)no2)cnn1C. The van der Waals surface area contributed by atoms with Crippen LogP contribution in [0.3, 0.4) is 0 Å². The highest BCUT2D eigenvalue weighted by Crippen LogP contribution is 2.26. The molecule has 3 heterocycles. The van der Waals surface area contributed by atoms with Gasteiger partial charge in [0.2, 0.25) is 11.7 Å². The van der Waals surface area contributed by atoms with E-state index in [4.69, 9.17) is 4.52 Å². The summed E-state index contributed by atoms with van der Waals surface area (Å²) in [5, 5.41) is 12.9. The van der Waals surface area contributed by atoms with Crippen LogP contribution in [0.5, 0.6) is 0 Å². The number of rotatable bonds is 5. The van der Waals surface area contributed by atoms with Crippen LogP contribution >= 0.6 is 0 Å². The van der Waals surface area contributed by atoms with Crippen molar-refractivity contribution in [2.75, 3.05) is 0 Å². The van der Waals surface area contributed by atoms with Crippen molar-refractivity contribution in [1.29, 1.82) is 0 Å². The van der Waals surface area contributed by atoms with Crippen LogP contribution in [0.15, 0.2) is 16.9 Å². The molecule has 0 saturated carbocycles. The first-order valence-corrected chi connectivity index (χ1v) is 7.79. The Balaban J connectivity index is 1.77. The third kappa shape index (κ3) is 3.04. The molecule has 7 nitrogen and oxygen atoms in total. The van der Waals surface area contributed by atoms with Crippen LogP contribution in [0.2, 0.25) is 0 Å². The summed E-state index contributed by atoms with van der Waals surface area (Å²) in [6.45, 7) is 6.28. The van der Waals surface area contributed by atoms with Gasteiger partial charge in [-0.05, 0) is 24.8 Å². The Morgan fingerprint density at radius 3 is 2.65 bits per heavy atom. The summed E-state index contributed by atoms with van der Waals surface area (Å²) < 4.78 is 9.07. The molecule has 0 saturated heterocycles. The maximum atomic E-state index is 5.41. The van der Waals surface area contributed by atoms with E-state index in [0.717, 1.165) is 17.7 Å². The fraction of sp³-hybridized carbons (Fsp3) is 0.500. The molecule has 0 spiro atoms. The second kappa shape index (κ2) is 5.98. The van der Waals surface area contributed by atoms with Crippen LogP contribution < -0.4 is 0 Å². The number of hydrogen-bond donors (Lipinski definition) is 0. The summed E-state index contributed by atoms with van der Waals surface area (Å²) in [6, 6.07) is 0. The minimum Gasteiger partial charge on any atom is -0.339 e. The number of aryl methyl sites for hydroxylation is 4. The Kier molecular flexibility index (Phi) is 4.02. The van der Waals surface area contributed by atoms with E-state index in [-0.39, 0.29) is 0 Å². The molecule has 0 N–H and O–H groups in total. The summed E-state index contributed by atoms with van der Waals surface area (Å²) in [6.07, 6.45) is 5.38. The van der Waals surface area contributed by atoms with Gasteiger partial charge in [0, 0.05) is 32.4 Å². The molecule has 3 rings (SSSR count). The zero-order chi connectivity index (χ0) is 16.6. The Hall–Kier alpha value is -2.44. The molecule has 0 aliphatic rings. The van der Waals surface area contributed by atoms with Gasteiger partial charge in [-0.3, -0.25) is 9.36 Å². The Labute approximate surface area is 135 Å². The van der Waals surface area contributed by atoms with Gasteiger partial charge in [-0.1, -0.05) is 19.0 Å². The van der Waals surface area contributed by atoms with Gasteiger partial charge in [0.05, 0.1) is 17.5 Å². The van der Waals surface area contributed by atoms with Gasteiger partial charge in [-0.25, -0.2) is 0 Å². The van der Waals surface area contributed by atoms with Crippen LogP contribution in [-0.4, -0.2) is 29.7 Å². The molecular formula is C16H22N6O. The van der Waals surface area contributed by atoms with Crippen molar-refractivity contribution in [3.8, 4) is 11.4 Å². The van der Waals surface area contributed by atoms with Crippen LogP contribution in [0.4, 0.5) is 0 Å². The van der Waals surface area contributed by atoms with Crippen molar-refractivity contribution in [3.63, 3.8) is 0 Å². The monoisotopic (exact) mass is 314 g/mol. The van der Waals surface area contributed by atoms with E-state index in [1.54, 1.807) is 4.68 Å². The summed E-state index contributed by atoms with van der Waals surface area (Å²) in [4.78, 5) is 4.53. The van der Waals surface area contributed by atoms with Crippen molar-refractivity contribution in [2.24, 2.45) is 14.1 Å². The molecule has 0 bridgehead atoms. The molecule has 0 radical (unpaired) electrons. The molecule has 23 heavy (non-hydrogen) atoms. The summed E-state index contributed by atoms with van der Waals surface area (Å²) in [7, 11) is 3.85. The topological polar surface area (TPSA) is 74.6 Å². The van der Waals surface area contributed by atoms with Crippen LogP contribution in [0.1, 0.15) is 42.6 Å². The van der Waals surface area contributed by atoms with Crippen molar-refractivity contribution < 1.29 is 4.52 Å². The van der Waals surface area contributed by atoms with Crippen molar-refractivity contribution in [3.05, 3.63) is 35.2 Å². The first kappa shape index (κ1) is 15.5. The fourth-order valence-electron chi connectivity index (χ4n) is 2.60. The third-order valence-electron chi connectivity index (χ3n) is 4.06. The van der Waals surface area contributed by atoms with E-state index >= 15 is 0 Å². The van der Waals surface area contributed by atoms with E-state index in [1.807, 2.05) is 31.2 Å². The first-order chi connectivity index (χ1) is 11.0. The number of hydrogen-bond acceptors (Lipinski definition) is 5. The van der Waals surface area contributed by atoms with Gasteiger partial charge < -0.3 is 4.52 Å². The van der Waals surface area contributed by atoms with Crippen LogP contribution in [0, 0.1) is 6.92 Å². The molecule has 0 atom stereocenters. The third-order valence-corrected chi connectivity index (χ3v) is 4.06. The van der Waals surface area contributed by atoms with Crippen molar-refractivity contribution in [2.45, 2.75) is 39.5 Å². The highest BCUT2D eigenvalue weighted by Gasteiger charge is 2.18. The quantitative estimate of drug-likeness (QED) is 0.723. The summed E-state index contributed by atoms with van der Waals surface area (Å²) >= 11 is 0. The highest BCUT2D eigenvalue weighted by atomic mass is 16.5. The molecule has 0 aliphatic carbocycles. The minimum absolute atomic E-state index is 0.311. The van der Waals surface area contributed by atoms with Crippen LogP contribution in [0.25, 0.3) is 11.4 Å². The lowest BCUT2D eigenvalue weighted by Crippen LogP contribution is -1.96. The van der Waals surface area contributed by atoms with Gasteiger partial charge in [-0.15, -0.1) is 0 Å². The molecule has 3 aromatic heterocycles. The lowest BCUT2D eigenvalue weighted by atomic mass is 10.1. The maximum Gasteiger partial charge on any atom is 0.227 e. The summed E-state index contributed by atoms with van der Waals surface area (Å²) in [5.74, 6) is 1.56. The smallest absolute Gasteiger partial charge is 0.227 e. The zero-order valence-electron chi connectivity index (χ0n) is 14.2. The lowest BCUT2D eigenvalue weighted by Gasteiger charge is -2.00. The minimum atomic E-state index is 0.311. The summed E-state index contributed by atoms with van der Waals surface area (Å²) in [5.41, 5.74) is 4.30. The molecule has 3 aromatic rings. The molecule has 0 aromatic carbocycles. The van der Waals surface area contributed by atoms with Gasteiger partial charge in [0.15, 0.2) is 0 Å². The van der Waals surface area contributed by atoms with Gasteiger partial charge in [0.25, 0.3) is 0 Å². The molecule has 122 valence electrons. The standard InChI is InChI=1S/C16H22N6O/c1-10(2)15-13(9-21(4)19-15)16-18-14(23-20-16)7-6-12-8-17-22(5)11(12)3/h8-10H,6-7H2,1-5H3. The van der Waals surface area contributed by atoms with E-state index < -0.39 is 0 Å². The van der Waals surface area contributed by atoms with E-state index in [1.165, 1.54) is 11.3 Å². The Morgan fingerprint density at radius 2 is 2.00 bits per heavy atom. The second-order valence-corrected chi connectivity index (χ2v) is 6.15. The normalized spacial score (nSPS) is 11.6. The Bertz CT molecular complexity index is 811. The fourth-order valence-corrected chi connectivity index (χ4v) is 2.60. The van der Waals surface area contributed by atoms with Crippen molar-refractivity contribution in [1.82, 2.24) is 29.7 Å². The number of aromatic nitrogens is 6. The second-order valence-electron chi connectivity index (χ2n) is 6.15. The predicted octanol–water partition coefficient (Wildman–Crippen LogP) is 2.42. The lowest BCUT2D eigenvalue weighted by molar-refractivity contribution is 0.379. The predicted molar refractivity (Wildman–Crippen MR) is 85.9 cm³/mol.